The van der Waals surface area contributed by atoms with Crippen LogP contribution in [0, 0.1) is 0 Å². The van der Waals surface area contributed by atoms with Crippen molar-refractivity contribution in [2.24, 2.45) is 0 Å². The lowest BCUT2D eigenvalue weighted by molar-refractivity contribution is 0.0698. The van der Waals surface area contributed by atoms with Gasteiger partial charge in [0.25, 0.3) is 5.91 Å². The molecule has 0 bridgehead atoms. The smallest absolute Gasteiger partial charge is 0.253 e. The van der Waals surface area contributed by atoms with E-state index in [0.29, 0.717) is 23.7 Å². The molecule has 0 aliphatic carbocycles. The minimum Gasteiger partial charge on any atom is -0.336 e. The van der Waals surface area contributed by atoms with Gasteiger partial charge in [-0.1, -0.05) is 35.9 Å². The molecule has 0 unspecified atom stereocenters. The monoisotopic (exact) mass is 527 g/mol. The molecule has 3 aromatic carbocycles. The van der Waals surface area contributed by atoms with Crippen LogP contribution in [-0.2, 0) is 10.0 Å². The first-order chi connectivity index (χ1) is 16.4. The second-order valence-corrected chi connectivity index (χ2v) is 10.5. The largest absolute Gasteiger partial charge is 0.336 e. The van der Waals surface area contributed by atoms with Gasteiger partial charge in [0.1, 0.15) is 0 Å². The molecule has 2 heterocycles. The highest BCUT2D eigenvalue weighted by atomic mass is 35.5. The maximum atomic E-state index is 13.2. The molecule has 0 N–H and O–H groups in total. The van der Waals surface area contributed by atoms with Gasteiger partial charge in [0, 0.05) is 49.2 Å². The number of halogens is 2. The number of sulfonamides is 1. The van der Waals surface area contributed by atoms with Crippen molar-refractivity contribution < 1.29 is 13.2 Å². The Labute approximate surface area is 215 Å². The second-order valence-electron chi connectivity index (χ2n) is 8.16. The van der Waals surface area contributed by atoms with Gasteiger partial charge in [-0.15, -0.1) is 12.4 Å². The van der Waals surface area contributed by atoms with E-state index in [2.05, 4.69) is 4.98 Å². The summed E-state index contributed by atoms with van der Waals surface area (Å²) in [7, 11) is -3.66. The van der Waals surface area contributed by atoms with Crippen molar-refractivity contribution in [3.05, 3.63) is 95.8 Å². The average Bonchev–Trinajstić information content (AvgIpc) is 2.88. The molecule has 1 saturated heterocycles. The highest BCUT2D eigenvalue weighted by Gasteiger charge is 2.30. The first-order valence-electron chi connectivity index (χ1n) is 10.9. The normalized spacial score (nSPS) is 14.5. The van der Waals surface area contributed by atoms with Gasteiger partial charge in [0.05, 0.1) is 4.90 Å². The van der Waals surface area contributed by atoms with Crippen LogP contribution in [0.5, 0.6) is 0 Å². The molecule has 35 heavy (non-hydrogen) atoms. The van der Waals surface area contributed by atoms with Crippen LogP contribution in [0.2, 0.25) is 5.02 Å². The average molecular weight is 528 g/mol. The maximum absolute atomic E-state index is 13.2. The van der Waals surface area contributed by atoms with Gasteiger partial charge >= 0.3 is 0 Å². The third-order valence-corrected chi connectivity index (χ3v) is 8.21. The lowest BCUT2D eigenvalue weighted by atomic mass is 10.0. The fourth-order valence-electron chi connectivity index (χ4n) is 4.17. The van der Waals surface area contributed by atoms with Gasteiger partial charge in [-0.3, -0.25) is 9.78 Å². The highest BCUT2D eigenvalue weighted by Crippen LogP contribution is 2.25. The van der Waals surface area contributed by atoms with Crippen molar-refractivity contribution in [2.45, 2.75) is 4.90 Å². The standard InChI is InChI=1S/C26H22ClN3O3S.ClH/c27-24-7-5-23-18-25(8-6-22(23)17-24)34(32,33)30-15-13-29(14-16-30)26(31)21-3-1-19(2-4-21)20-9-11-28-12-10-20;/h1-12,17-18H,13-16H2;1H. The molecular weight excluding hydrogens is 505 g/mol. The predicted octanol–water partition coefficient (Wildman–Crippen LogP) is 5.12. The summed E-state index contributed by atoms with van der Waals surface area (Å²) in [6.45, 7) is 1.18. The quantitative estimate of drug-likeness (QED) is 0.369. The Morgan fingerprint density at radius 3 is 2.06 bits per heavy atom. The number of nitrogens with zero attached hydrogens (tertiary/aromatic N) is 3. The summed E-state index contributed by atoms with van der Waals surface area (Å²) >= 11 is 6.03. The number of benzene rings is 3. The van der Waals surface area contributed by atoms with Crippen LogP contribution in [-0.4, -0.2) is 54.7 Å². The third kappa shape index (κ3) is 5.18. The van der Waals surface area contributed by atoms with Crippen molar-refractivity contribution in [3.8, 4) is 11.1 Å². The van der Waals surface area contributed by atoms with E-state index in [4.69, 9.17) is 11.6 Å². The van der Waals surface area contributed by atoms with Crippen LogP contribution in [0.25, 0.3) is 21.9 Å². The minimum absolute atomic E-state index is 0. The number of amides is 1. The fourth-order valence-corrected chi connectivity index (χ4v) is 5.81. The highest BCUT2D eigenvalue weighted by molar-refractivity contribution is 7.89. The zero-order chi connectivity index (χ0) is 23.7. The molecule has 0 spiro atoms. The summed E-state index contributed by atoms with van der Waals surface area (Å²) in [6.07, 6.45) is 3.46. The van der Waals surface area contributed by atoms with Gasteiger partial charge in [0.15, 0.2) is 0 Å². The Morgan fingerprint density at radius 2 is 1.37 bits per heavy atom. The van der Waals surface area contributed by atoms with Crippen molar-refractivity contribution in [1.29, 1.82) is 0 Å². The number of piperazine rings is 1. The summed E-state index contributed by atoms with van der Waals surface area (Å²) in [5.41, 5.74) is 2.62. The predicted molar refractivity (Wildman–Crippen MR) is 141 cm³/mol. The van der Waals surface area contributed by atoms with Crippen LogP contribution in [0.15, 0.2) is 90.1 Å². The summed E-state index contributed by atoms with van der Waals surface area (Å²) < 4.78 is 27.9. The number of hydrogen-bond acceptors (Lipinski definition) is 4. The topological polar surface area (TPSA) is 70.6 Å². The number of aromatic nitrogens is 1. The number of carbonyl (C=O) groups is 1. The van der Waals surface area contributed by atoms with Gasteiger partial charge in [-0.25, -0.2) is 8.42 Å². The number of fused-ring (bicyclic) bond motifs is 1. The summed E-state index contributed by atoms with van der Waals surface area (Å²) in [4.78, 5) is 19.0. The van der Waals surface area contributed by atoms with Crippen LogP contribution in [0.3, 0.4) is 0 Å². The Hall–Kier alpha value is -2.97. The van der Waals surface area contributed by atoms with Crippen LogP contribution in [0.4, 0.5) is 0 Å². The zero-order valence-electron chi connectivity index (χ0n) is 18.7. The first-order valence-corrected chi connectivity index (χ1v) is 12.7. The molecule has 1 amide bonds. The summed E-state index contributed by atoms with van der Waals surface area (Å²) in [5, 5.41) is 2.31. The van der Waals surface area contributed by atoms with Gasteiger partial charge in [-0.2, -0.15) is 4.31 Å². The van der Waals surface area contributed by atoms with Crippen LogP contribution < -0.4 is 0 Å². The molecule has 9 heteroatoms. The lowest BCUT2D eigenvalue weighted by Gasteiger charge is -2.34. The number of pyridine rings is 1. The minimum atomic E-state index is -3.66. The van der Waals surface area contributed by atoms with E-state index in [-0.39, 0.29) is 36.3 Å². The molecule has 1 aliphatic rings. The SMILES string of the molecule is Cl.O=C(c1ccc(-c2ccncc2)cc1)N1CCN(S(=O)(=O)c2ccc3cc(Cl)ccc3c2)CC1. The fraction of sp³-hybridized carbons (Fsp3) is 0.154. The Morgan fingerprint density at radius 1 is 0.771 bits per heavy atom. The van der Waals surface area contributed by atoms with E-state index in [9.17, 15) is 13.2 Å². The van der Waals surface area contributed by atoms with Gasteiger partial charge < -0.3 is 4.90 Å². The van der Waals surface area contributed by atoms with Gasteiger partial charge in [-0.05, 0) is 70.4 Å². The summed E-state index contributed by atoms with van der Waals surface area (Å²) in [5.74, 6) is -0.0964. The van der Waals surface area contributed by atoms with E-state index in [0.717, 1.165) is 21.9 Å². The molecular formula is C26H23Cl2N3O3S. The molecule has 1 aliphatic heterocycles. The number of rotatable bonds is 4. The maximum Gasteiger partial charge on any atom is 0.253 e. The molecule has 180 valence electrons. The van der Waals surface area contributed by atoms with Crippen molar-refractivity contribution in [3.63, 3.8) is 0 Å². The summed E-state index contributed by atoms with van der Waals surface area (Å²) in [6, 6.07) is 21.7. The Kier molecular flexibility index (Phi) is 7.42. The third-order valence-electron chi connectivity index (χ3n) is 6.08. The molecule has 0 radical (unpaired) electrons. The molecule has 6 nitrogen and oxygen atoms in total. The van der Waals surface area contributed by atoms with E-state index in [1.807, 2.05) is 42.5 Å². The van der Waals surface area contributed by atoms with E-state index in [1.165, 1.54) is 4.31 Å². The number of carbonyl (C=O) groups excluding carboxylic acids is 1. The van der Waals surface area contributed by atoms with E-state index < -0.39 is 10.0 Å². The molecule has 5 rings (SSSR count). The van der Waals surface area contributed by atoms with E-state index in [1.54, 1.807) is 47.6 Å². The van der Waals surface area contributed by atoms with Gasteiger partial charge in [0.2, 0.25) is 10.0 Å². The Bertz CT molecular complexity index is 1450. The zero-order valence-corrected chi connectivity index (χ0v) is 21.1. The molecule has 1 fully saturated rings. The van der Waals surface area contributed by atoms with Crippen LogP contribution >= 0.6 is 24.0 Å². The van der Waals surface area contributed by atoms with Crippen molar-refractivity contribution >= 4 is 50.7 Å². The second kappa shape index (κ2) is 10.3. The molecule has 4 aromatic rings. The Balaban J connectivity index is 0.00000289. The number of hydrogen-bond donors (Lipinski definition) is 0. The molecule has 0 saturated carbocycles. The van der Waals surface area contributed by atoms with Crippen molar-refractivity contribution in [1.82, 2.24) is 14.2 Å². The first kappa shape index (κ1) is 25.1. The van der Waals surface area contributed by atoms with E-state index >= 15 is 0 Å². The molecule has 1 aromatic heterocycles. The van der Waals surface area contributed by atoms with Crippen molar-refractivity contribution in [2.75, 3.05) is 26.2 Å². The molecule has 0 atom stereocenters. The lowest BCUT2D eigenvalue weighted by Crippen LogP contribution is -2.50. The van der Waals surface area contributed by atoms with Crippen LogP contribution in [0.1, 0.15) is 10.4 Å².